The molecule has 0 aliphatic heterocycles. The smallest absolute Gasteiger partial charge is 0.198 e. The van der Waals surface area contributed by atoms with Crippen molar-refractivity contribution >= 4 is 11.5 Å². The van der Waals surface area contributed by atoms with Crippen LogP contribution in [0.1, 0.15) is 15.9 Å². The Balaban J connectivity index is 2.48. The van der Waals surface area contributed by atoms with Gasteiger partial charge in [-0.2, -0.15) is 0 Å². The third kappa shape index (κ3) is 2.15. The Hall–Kier alpha value is -2.23. The Morgan fingerprint density at radius 1 is 1.00 bits per heavy atom. The van der Waals surface area contributed by atoms with Gasteiger partial charge in [0.1, 0.15) is 11.6 Å². The lowest BCUT2D eigenvalue weighted by Crippen LogP contribution is -2.07. The van der Waals surface area contributed by atoms with Crippen LogP contribution < -0.4 is 5.73 Å². The van der Waals surface area contributed by atoms with Gasteiger partial charge in [-0.1, -0.05) is 12.1 Å². The number of nitrogen functional groups attached to an aromatic ring is 1. The van der Waals surface area contributed by atoms with E-state index in [4.69, 9.17) is 5.73 Å². The van der Waals surface area contributed by atoms with Crippen LogP contribution in [0.2, 0.25) is 0 Å². The first kappa shape index (κ1) is 11.3. The summed E-state index contributed by atoms with van der Waals surface area (Å²) < 4.78 is 26.2. The molecule has 2 rings (SSSR count). The lowest BCUT2D eigenvalue weighted by atomic mass is 10.0. The van der Waals surface area contributed by atoms with Gasteiger partial charge in [0, 0.05) is 11.3 Å². The molecule has 0 saturated heterocycles. The highest BCUT2D eigenvalue weighted by molar-refractivity contribution is 6.12. The second-order valence-corrected chi connectivity index (χ2v) is 3.54. The van der Waals surface area contributed by atoms with Gasteiger partial charge >= 0.3 is 0 Å². The van der Waals surface area contributed by atoms with Crippen LogP contribution in [0.25, 0.3) is 0 Å². The molecule has 2 aromatic carbocycles. The maximum atomic E-state index is 13.4. The van der Waals surface area contributed by atoms with E-state index in [0.29, 0.717) is 0 Å². The number of hydrogen-bond donors (Lipinski definition) is 1. The molecule has 0 fully saturated rings. The molecular formula is C13H9F2NO. The van der Waals surface area contributed by atoms with Gasteiger partial charge in [-0.15, -0.1) is 0 Å². The quantitative estimate of drug-likeness (QED) is 0.640. The van der Waals surface area contributed by atoms with Crippen LogP contribution in [-0.2, 0) is 0 Å². The van der Waals surface area contributed by atoms with Crippen LogP contribution in [0.4, 0.5) is 14.5 Å². The number of rotatable bonds is 2. The van der Waals surface area contributed by atoms with Gasteiger partial charge < -0.3 is 5.73 Å². The number of carbonyl (C=O) groups excluding carboxylic acids is 1. The molecule has 0 aromatic heterocycles. The topological polar surface area (TPSA) is 43.1 Å². The maximum absolute atomic E-state index is 13.4. The van der Waals surface area contributed by atoms with Crippen LogP contribution in [0, 0.1) is 11.6 Å². The van der Waals surface area contributed by atoms with Gasteiger partial charge in [0.2, 0.25) is 0 Å². The van der Waals surface area contributed by atoms with Crippen molar-refractivity contribution < 1.29 is 13.6 Å². The number of nitrogens with two attached hydrogens (primary N) is 1. The van der Waals surface area contributed by atoms with Crippen molar-refractivity contribution in [1.82, 2.24) is 0 Å². The van der Waals surface area contributed by atoms with Gasteiger partial charge in [0.25, 0.3) is 0 Å². The van der Waals surface area contributed by atoms with E-state index in [1.807, 2.05) is 0 Å². The molecule has 0 unspecified atom stereocenters. The first-order chi connectivity index (χ1) is 8.09. The summed E-state index contributed by atoms with van der Waals surface area (Å²) in [7, 11) is 0. The van der Waals surface area contributed by atoms with E-state index in [2.05, 4.69) is 0 Å². The van der Waals surface area contributed by atoms with Crippen molar-refractivity contribution in [1.29, 1.82) is 0 Å². The minimum Gasteiger partial charge on any atom is -0.398 e. The molecule has 0 radical (unpaired) electrons. The van der Waals surface area contributed by atoms with Crippen molar-refractivity contribution in [3.05, 3.63) is 65.2 Å². The Kier molecular flexibility index (Phi) is 2.87. The van der Waals surface area contributed by atoms with Crippen LogP contribution in [-0.4, -0.2) is 5.78 Å². The van der Waals surface area contributed by atoms with E-state index in [1.54, 1.807) is 6.07 Å². The van der Waals surface area contributed by atoms with Crippen molar-refractivity contribution in [2.24, 2.45) is 0 Å². The molecular weight excluding hydrogens is 224 g/mol. The summed E-state index contributed by atoms with van der Waals surface area (Å²) in [6.07, 6.45) is 0. The second-order valence-electron chi connectivity index (χ2n) is 3.54. The van der Waals surface area contributed by atoms with Gasteiger partial charge in [-0.3, -0.25) is 4.79 Å². The first-order valence-corrected chi connectivity index (χ1v) is 4.94. The maximum Gasteiger partial charge on any atom is 0.198 e. The minimum atomic E-state index is -0.624. The Morgan fingerprint density at radius 3 is 2.35 bits per heavy atom. The number of hydrogen-bond acceptors (Lipinski definition) is 2. The molecule has 0 spiro atoms. The van der Waals surface area contributed by atoms with E-state index in [9.17, 15) is 13.6 Å². The number of ketones is 1. The zero-order chi connectivity index (χ0) is 12.4. The molecule has 0 bridgehead atoms. The number of benzene rings is 2. The zero-order valence-corrected chi connectivity index (χ0v) is 8.78. The van der Waals surface area contributed by atoms with Crippen molar-refractivity contribution in [3.8, 4) is 0 Å². The van der Waals surface area contributed by atoms with E-state index < -0.39 is 17.4 Å². The average molecular weight is 233 g/mol. The lowest BCUT2D eigenvalue weighted by molar-refractivity contribution is 0.103. The second kappa shape index (κ2) is 4.33. The largest absolute Gasteiger partial charge is 0.398 e. The summed E-state index contributed by atoms with van der Waals surface area (Å²) in [5.74, 6) is -1.71. The Bertz CT molecular complexity index is 581. The summed E-state index contributed by atoms with van der Waals surface area (Å²) >= 11 is 0. The van der Waals surface area contributed by atoms with Crippen molar-refractivity contribution in [2.75, 3.05) is 5.73 Å². The van der Waals surface area contributed by atoms with Crippen molar-refractivity contribution in [2.45, 2.75) is 0 Å². The minimum absolute atomic E-state index is 0.00162. The standard InChI is InChI=1S/C13H9F2NO/c14-8-5-6-10(12(16)7-8)13(17)9-3-1-2-4-11(9)15/h1-7H,16H2. The molecule has 2 N–H and O–H groups in total. The number of anilines is 1. The van der Waals surface area contributed by atoms with Crippen LogP contribution in [0.15, 0.2) is 42.5 Å². The lowest BCUT2D eigenvalue weighted by Gasteiger charge is -2.05. The highest BCUT2D eigenvalue weighted by Gasteiger charge is 2.15. The average Bonchev–Trinajstić information content (AvgIpc) is 2.29. The van der Waals surface area contributed by atoms with Crippen LogP contribution >= 0.6 is 0 Å². The molecule has 0 heterocycles. The van der Waals surface area contributed by atoms with Gasteiger partial charge in [-0.05, 0) is 30.3 Å². The summed E-state index contributed by atoms with van der Waals surface area (Å²) in [5.41, 5.74) is 5.54. The predicted octanol–water partition coefficient (Wildman–Crippen LogP) is 2.78. The van der Waals surface area contributed by atoms with E-state index in [-0.39, 0.29) is 16.8 Å². The molecule has 0 saturated carbocycles. The fourth-order valence-corrected chi connectivity index (χ4v) is 1.53. The van der Waals surface area contributed by atoms with Gasteiger partial charge in [-0.25, -0.2) is 8.78 Å². The molecule has 4 heteroatoms. The first-order valence-electron chi connectivity index (χ1n) is 4.94. The Morgan fingerprint density at radius 2 is 1.71 bits per heavy atom. The molecule has 2 nitrogen and oxygen atoms in total. The summed E-state index contributed by atoms with van der Waals surface area (Å²) in [6.45, 7) is 0. The van der Waals surface area contributed by atoms with Crippen LogP contribution in [0.5, 0.6) is 0 Å². The number of halogens is 2. The highest BCUT2D eigenvalue weighted by Crippen LogP contribution is 2.19. The molecule has 0 aliphatic carbocycles. The Labute approximate surface area is 96.7 Å². The molecule has 86 valence electrons. The molecule has 0 amide bonds. The van der Waals surface area contributed by atoms with E-state index >= 15 is 0 Å². The third-order valence-corrected chi connectivity index (χ3v) is 2.38. The molecule has 17 heavy (non-hydrogen) atoms. The molecule has 0 atom stereocenters. The monoisotopic (exact) mass is 233 g/mol. The predicted molar refractivity (Wildman–Crippen MR) is 60.6 cm³/mol. The van der Waals surface area contributed by atoms with E-state index in [1.165, 1.54) is 24.3 Å². The molecule has 2 aromatic rings. The normalized spacial score (nSPS) is 10.2. The SMILES string of the molecule is Nc1cc(F)ccc1C(=O)c1ccccc1F. The van der Waals surface area contributed by atoms with E-state index in [0.717, 1.165) is 12.1 Å². The molecule has 0 aliphatic rings. The number of carbonyl (C=O) groups is 1. The third-order valence-electron chi connectivity index (χ3n) is 2.38. The van der Waals surface area contributed by atoms with Crippen LogP contribution in [0.3, 0.4) is 0 Å². The van der Waals surface area contributed by atoms with Gasteiger partial charge in [0.05, 0.1) is 5.56 Å². The highest BCUT2D eigenvalue weighted by atomic mass is 19.1. The van der Waals surface area contributed by atoms with Crippen molar-refractivity contribution in [3.63, 3.8) is 0 Å². The zero-order valence-electron chi connectivity index (χ0n) is 8.78. The fraction of sp³-hybridized carbons (Fsp3) is 0. The van der Waals surface area contributed by atoms with Gasteiger partial charge in [0.15, 0.2) is 5.78 Å². The fourth-order valence-electron chi connectivity index (χ4n) is 1.53. The summed E-state index contributed by atoms with van der Waals surface area (Å²) in [5, 5.41) is 0. The summed E-state index contributed by atoms with van der Waals surface area (Å²) in [6, 6.07) is 8.99. The summed E-state index contributed by atoms with van der Waals surface area (Å²) in [4.78, 5) is 12.0.